The van der Waals surface area contributed by atoms with Crippen LogP contribution in [0.5, 0.6) is 0 Å². The van der Waals surface area contributed by atoms with Crippen LogP contribution < -0.4 is 10.6 Å². The Labute approximate surface area is 190 Å². The fourth-order valence-corrected chi connectivity index (χ4v) is 4.03. The standard InChI is InChI=1S/C24H23N7O2/c1-15-6-5-9-19(28-15)24(33)29-17-11-18(12-17)31-14-27-21-22(25-13-26-23(21)31)30-20(32)10-16-7-3-2-4-8-16/h2-9,13-14,17-18H,10-12H2,1H3,(H,29,33)(H,25,26,30,32). The van der Waals surface area contributed by atoms with Gasteiger partial charge >= 0.3 is 0 Å². The van der Waals surface area contributed by atoms with Gasteiger partial charge in [-0.25, -0.2) is 19.9 Å². The number of aromatic nitrogens is 5. The summed E-state index contributed by atoms with van der Waals surface area (Å²) in [6, 6.07) is 15.2. The molecule has 0 aliphatic heterocycles. The van der Waals surface area contributed by atoms with E-state index < -0.39 is 0 Å². The van der Waals surface area contributed by atoms with Gasteiger partial charge in [-0.3, -0.25) is 9.59 Å². The molecule has 1 aliphatic carbocycles. The largest absolute Gasteiger partial charge is 0.348 e. The molecule has 9 heteroatoms. The Morgan fingerprint density at radius 3 is 2.64 bits per heavy atom. The summed E-state index contributed by atoms with van der Waals surface area (Å²) in [6.45, 7) is 1.86. The van der Waals surface area contributed by atoms with Crippen molar-refractivity contribution in [3.8, 4) is 0 Å². The van der Waals surface area contributed by atoms with Gasteiger partial charge in [-0.1, -0.05) is 36.4 Å². The van der Waals surface area contributed by atoms with Gasteiger partial charge in [0, 0.05) is 17.8 Å². The highest BCUT2D eigenvalue weighted by Gasteiger charge is 2.33. The monoisotopic (exact) mass is 441 g/mol. The zero-order valence-electron chi connectivity index (χ0n) is 18.1. The summed E-state index contributed by atoms with van der Waals surface area (Å²) in [7, 11) is 0. The number of aryl methyl sites for hydroxylation is 1. The van der Waals surface area contributed by atoms with E-state index in [9.17, 15) is 9.59 Å². The Balaban J connectivity index is 1.23. The van der Waals surface area contributed by atoms with E-state index in [1.165, 1.54) is 6.33 Å². The molecule has 0 radical (unpaired) electrons. The van der Waals surface area contributed by atoms with Crippen LogP contribution in [-0.2, 0) is 11.2 Å². The number of benzene rings is 1. The van der Waals surface area contributed by atoms with E-state index in [0.29, 0.717) is 22.7 Å². The van der Waals surface area contributed by atoms with Crippen LogP contribution in [0, 0.1) is 6.92 Å². The van der Waals surface area contributed by atoms with Gasteiger partial charge in [0.1, 0.15) is 12.0 Å². The Morgan fingerprint density at radius 1 is 1.03 bits per heavy atom. The van der Waals surface area contributed by atoms with Gasteiger partial charge < -0.3 is 15.2 Å². The smallest absolute Gasteiger partial charge is 0.270 e. The number of hydrogen-bond donors (Lipinski definition) is 2. The number of imidazole rings is 1. The molecule has 166 valence electrons. The number of fused-ring (bicyclic) bond motifs is 1. The molecule has 1 aliphatic rings. The molecular formula is C24H23N7O2. The molecule has 4 aromatic rings. The average molecular weight is 441 g/mol. The molecule has 2 N–H and O–H groups in total. The lowest BCUT2D eigenvalue weighted by atomic mass is 9.86. The van der Waals surface area contributed by atoms with Gasteiger partial charge in [0.15, 0.2) is 17.0 Å². The maximum absolute atomic E-state index is 12.5. The third-order valence-electron chi connectivity index (χ3n) is 5.79. The maximum Gasteiger partial charge on any atom is 0.270 e. The van der Waals surface area contributed by atoms with Crippen LogP contribution in [0.15, 0.2) is 61.2 Å². The third kappa shape index (κ3) is 4.43. The SMILES string of the molecule is Cc1cccc(C(=O)NC2CC(n3cnc4c(NC(=O)Cc5ccccc5)ncnc43)C2)n1. The minimum atomic E-state index is -0.164. The second-order valence-corrected chi connectivity index (χ2v) is 8.22. The predicted molar refractivity (Wildman–Crippen MR) is 123 cm³/mol. The normalized spacial score (nSPS) is 17.4. The van der Waals surface area contributed by atoms with Crippen LogP contribution >= 0.6 is 0 Å². The number of rotatable bonds is 6. The van der Waals surface area contributed by atoms with E-state index in [2.05, 4.69) is 30.6 Å². The molecule has 1 fully saturated rings. The fraction of sp³-hybridized carbons (Fsp3) is 0.250. The van der Waals surface area contributed by atoms with E-state index in [1.54, 1.807) is 12.4 Å². The van der Waals surface area contributed by atoms with Gasteiger partial charge in [0.05, 0.1) is 12.7 Å². The number of anilines is 1. The first-order valence-corrected chi connectivity index (χ1v) is 10.8. The van der Waals surface area contributed by atoms with E-state index in [0.717, 1.165) is 24.1 Å². The van der Waals surface area contributed by atoms with Crippen LogP contribution in [0.2, 0.25) is 0 Å². The highest BCUT2D eigenvalue weighted by atomic mass is 16.2. The second-order valence-electron chi connectivity index (χ2n) is 8.22. The van der Waals surface area contributed by atoms with Crippen molar-refractivity contribution in [3.63, 3.8) is 0 Å². The molecule has 3 heterocycles. The number of carbonyl (C=O) groups excluding carboxylic acids is 2. The molecule has 1 saturated carbocycles. The van der Waals surface area contributed by atoms with Crippen molar-refractivity contribution in [2.45, 2.75) is 38.3 Å². The molecule has 0 bridgehead atoms. The molecule has 5 rings (SSSR count). The number of nitrogens with zero attached hydrogens (tertiary/aromatic N) is 5. The van der Waals surface area contributed by atoms with Crippen molar-refractivity contribution < 1.29 is 9.59 Å². The molecular weight excluding hydrogens is 418 g/mol. The number of amides is 2. The molecule has 0 unspecified atom stereocenters. The van der Waals surface area contributed by atoms with Crippen molar-refractivity contribution >= 4 is 28.8 Å². The summed E-state index contributed by atoms with van der Waals surface area (Å²) < 4.78 is 1.98. The molecule has 33 heavy (non-hydrogen) atoms. The Kier molecular flexibility index (Phi) is 5.52. The number of nitrogens with one attached hydrogen (secondary N) is 2. The van der Waals surface area contributed by atoms with Crippen LogP contribution in [0.25, 0.3) is 11.2 Å². The number of pyridine rings is 1. The quantitative estimate of drug-likeness (QED) is 0.476. The van der Waals surface area contributed by atoms with Crippen LogP contribution in [0.3, 0.4) is 0 Å². The van der Waals surface area contributed by atoms with Crippen LogP contribution in [0.4, 0.5) is 5.82 Å². The summed E-state index contributed by atoms with van der Waals surface area (Å²) in [4.78, 5) is 42.2. The number of carbonyl (C=O) groups is 2. The van der Waals surface area contributed by atoms with Crippen molar-refractivity contribution in [1.82, 2.24) is 29.8 Å². The van der Waals surface area contributed by atoms with Crippen LogP contribution in [-0.4, -0.2) is 42.4 Å². The minimum Gasteiger partial charge on any atom is -0.348 e. The summed E-state index contributed by atoms with van der Waals surface area (Å²) in [5, 5.41) is 5.89. The Bertz CT molecular complexity index is 1310. The predicted octanol–water partition coefficient (Wildman–Crippen LogP) is 2.84. The van der Waals surface area contributed by atoms with E-state index in [1.807, 2.05) is 54.0 Å². The fourth-order valence-electron chi connectivity index (χ4n) is 4.03. The molecule has 0 spiro atoms. The van der Waals surface area contributed by atoms with Crippen molar-refractivity contribution in [3.05, 3.63) is 78.1 Å². The lowest BCUT2D eigenvalue weighted by Gasteiger charge is -2.36. The van der Waals surface area contributed by atoms with Crippen molar-refractivity contribution in [2.24, 2.45) is 0 Å². The summed E-state index contributed by atoms with van der Waals surface area (Å²) >= 11 is 0. The maximum atomic E-state index is 12.5. The molecule has 0 atom stereocenters. The average Bonchev–Trinajstić information content (AvgIpc) is 3.21. The van der Waals surface area contributed by atoms with Gasteiger partial charge in [0.25, 0.3) is 5.91 Å². The minimum absolute atomic E-state index is 0.0640. The topological polar surface area (TPSA) is 115 Å². The Morgan fingerprint density at radius 2 is 1.85 bits per heavy atom. The molecule has 3 aromatic heterocycles. The highest BCUT2D eigenvalue weighted by molar-refractivity contribution is 5.97. The first-order valence-electron chi connectivity index (χ1n) is 10.8. The molecule has 0 saturated heterocycles. The third-order valence-corrected chi connectivity index (χ3v) is 5.79. The van der Waals surface area contributed by atoms with E-state index in [-0.39, 0.29) is 30.3 Å². The van der Waals surface area contributed by atoms with Crippen molar-refractivity contribution in [2.75, 3.05) is 5.32 Å². The summed E-state index contributed by atoms with van der Waals surface area (Å²) in [5.74, 6) is 0.0738. The molecule has 1 aromatic carbocycles. The van der Waals surface area contributed by atoms with Crippen LogP contribution in [0.1, 0.15) is 40.6 Å². The van der Waals surface area contributed by atoms with Gasteiger partial charge in [-0.2, -0.15) is 0 Å². The van der Waals surface area contributed by atoms with E-state index >= 15 is 0 Å². The number of hydrogen-bond acceptors (Lipinski definition) is 6. The Hall–Kier alpha value is -4.14. The molecule has 9 nitrogen and oxygen atoms in total. The lowest BCUT2D eigenvalue weighted by molar-refractivity contribution is -0.115. The second kappa shape index (κ2) is 8.78. The lowest BCUT2D eigenvalue weighted by Crippen LogP contribution is -2.45. The van der Waals surface area contributed by atoms with Gasteiger partial charge in [-0.05, 0) is 37.5 Å². The van der Waals surface area contributed by atoms with Gasteiger partial charge in [-0.15, -0.1) is 0 Å². The summed E-state index contributed by atoms with van der Waals surface area (Å²) in [5.41, 5.74) is 3.38. The first kappa shape index (κ1) is 20.7. The van der Waals surface area contributed by atoms with Gasteiger partial charge in [0.2, 0.25) is 5.91 Å². The first-order chi connectivity index (χ1) is 16.1. The zero-order chi connectivity index (χ0) is 22.8. The van der Waals surface area contributed by atoms with E-state index in [4.69, 9.17) is 0 Å². The molecule has 2 amide bonds. The summed E-state index contributed by atoms with van der Waals surface area (Å²) in [6.07, 6.45) is 4.94. The zero-order valence-corrected chi connectivity index (χ0v) is 18.1. The van der Waals surface area contributed by atoms with Crippen molar-refractivity contribution in [1.29, 1.82) is 0 Å². The highest BCUT2D eigenvalue weighted by Crippen LogP contribution is 2.35.